The number of nitrogens with zero attached hydrogens (tertiary/aromatic N) is 2. The molecule has 1 aromatic heterocycles. The summed E-state index contributed by atoms with van der Waals surface area (Å²) in [7, 11) is -0.873. The minimum Gasteiger partial charge on any atom is -0.497 e. The summed E-state index contributed by atoms with van der Waals surface area (Å²) in [6.07, 6.45) is 1.74. The van der Waals surface area contributed by atoms with E-state index >= 15 is 0 Å². The van der Waals surface area contributed by atoms with Gasteiger partial charge in [-0.05, 0) is 41.5 Å². The molecular formula is C23H24N2O6S. The number of aromatic nitrogens is 1. The van der Waals surface area contributed by atoms with Crippen molar-refractivity contribution in [3.63, 3.8) is 0 Å². The van der Waals surface area contributed by atoms with Gasteiger partial charge in [0.2, 0.25) is 10.0 Å². The van der Waals surface area contributed by atoms with Crippen molar-refractivity contribution in [1.29, 1.82) is 0 Å². The molecule has 0 spiro atoms. The number of aldehydes is 1. The zero-order valence-corrected chi connectivity index (χ0v) is 18.6. The highest BCUT2D eigenvalue weighted by atomic mass is 32.2. The average Bonchev–Trinajstić information content (AvgIpc) is 2.81. The molecule has 0 aliphatic carbocycles. The van der Waals surface area contributed by atoms with E-state index in [-0.39, 0.29) is 24.5 Å². The molecule has 0 bridgehead atoms. The van der Waals surface area contributed by atoms with Crippen molar-refractivity contribution in [2.75, 3.05) is 14.2 Å². The quantitative estimate of drug-likeness (QED) is 0.435. The molecule has 3 rings (SSSR count). The zero-order valence-electron chi connectivity index (χ0n) is 17.8. The number of hydrogen-bond acceptors (Lipinski definition) is 6. The van der Waals surface area contributed by atoms with E-state index in [9.17, 15) is 18.0 Å². The number of benzene rings is 2. The first-order valence-corrected chi connectivity index (χ1v) is 11.2. The average molecular weight is 457 g/mol. The molecule has 0 radical (unpaired) electrons. The van der Waals surface area contributed by atoms with Gasteiger partial charge in [-0.3, -0.25) is 4.79 Å². The van der Waals surface area contributed by atoms with Crippen molar-refractivity contribution < 1.29 is 22.7 Å². The van der Waals surface area contributed by atoms with Crippen LogP contribution >= 0.6 is 0 Å². The highest BCUT2D eigenvalue weighted by molar-refractivity contribution is 7.89. The van der Waals surface area contributed by atoms with Crippen LogP contribution in [0.1, 0.15) is 11.1 Å². The Bertz CT molecular complexity index is 1170. The number of methoxy groups -OCH3 is 2. The van der Waals surface area contributed by atoms with E-state index in [4.69, 9.17) is 9.47 Å². The summed E-state index contributed by atoms with van der Waals surface area (Å²) in [5.41, 5.74) is 1.08. The van der Waals surface area contributed by atoms with Gasteiger partial charge in [-0.15, -0.1) is 0 Å². The maximum atomic E-state index is 13.5. The normalized spacial score (nSPS) is 11.3. The highest BCUT2D eigenvalue weighted by Gasteiger charge is 2.26. The van der Waals surface area contributed by atoms with Crippen molar-refractivity contribution in [2.45, 2.75) is 24.5 Å². The van der Waals surface area contributed by atoms with Gasteiger partial charge in [0.1, 0.15) is 17.8 Å². The molecule has 0 saturated carbocycles. The Balaban J connectivity index is 1.99. The number of ether oxygens (including phenoxy) is 2. The Kier molecular flexibility index (Phi) is 7.45. The Morgan fingerprint density at radius 1 is 0.844 bits per heavy atom. The number of sulfonamides is 1. The predicted octanol–water partition coefficient (Wildman–Crippen LogP) is 2.46. The third-order valence-electron chi connectivity index (χ3n) is 4.90. The summed E-state index contributed by atoms with van der Waals surface area (Å²) in [5.74, 6) is 1.33. The maximum Gasteiger partial charge on any atom is 0.250 e. The lowest BCUT2D eigenvalue weighted by Crippen LogP contribution is -2.31. The van der Waals surface area contributed by atoms with Gasteiger partial charge in [-0.2, -0.15) is 4.31 Å². The summed E-state index contributed by atoms with van der Waals surface area (Å²) < 4.78 is 39.8. The van der Waals surface area contributed by atoms with E-state index in [1.165, 1.54) is 16.6 Å². The first kappa shape index (κ1) is 23.2. The summed E-state index contributed by atoms with van der Waals surface area (Å²) >= 11 is 0. The van der Waals surface area contributed by atoms with Crippen molar-refractivity contribution in [2.24, 2.45) is 0 Å². The molecule has 9 heteroatoms. The van der Waals surface area contributed by atoms with Gasteiger partial charge in [0, 0.05) is 25.4 Å². The van der Waals surface area contributed by atoms with E-state index in [1.807, 2.05) is 0 Å². The smallest absolute Gasteiger partial charge is 0.250 e. The first-order valence-electron chi connectivity index (χ1n) is 9.77. The van der Waals surface area contributed by atoms with Crippen LogP contribution in [0, 0.1) is 0 Å². The maximum absolute atomic E-state index is 13.5. The molecule has 2 aromatic carbocycles. The number of hydrogen-bond donors (Lipinski definition) is 0. The van der Waals surface area contributed by atoms with Crippen LogP contribution in [-0.2, 0) is 34.5 Å². The van der Waals surface area contributed by atoms with Crippen LogP contribution in [0.2, 0.25) is 0 Å². The SMILES string of the molecule is COc1ccc(CN(Cc2ccc(OC)cc2)S(=O)(=O)c2ccc(=O)n(CC=O)c2)cc1. The number of carbonyl (C=O) groups excluding carboxylic acids is 1. The lowest BCUT2D eigenvalue weighted by molar-refractivity contribution is -0.108. The second-order valence-corrected chi connectivity index (χ2v) is 8.93. The van der Waals surface area contributed by atoms with Gasteiger partial charge in [0.25, 0.3) is 5.56 Å². The molecule has 0 unspecified atom stereocenters. The summed E-state index contributed by atoms with van der Waals surface area (Å²) in [6, 6.07) is 16.6. The fourth-order valence-corrected chi connectivity index (χ4v) is 4.57. The monoisotopic (exact) mass is 456 g/mol. The van der Waals surface area contributed by atoms with Crippen molar-refractivity contribution in [1.82, 2.24) is 8.87 Å². The van der Waals surface area contributed by atoms with E-state index < -0.39 is 15.6 Å². The lowest BCUT2D eigenvalue weighted by atomic mass is 10.2. The standard InChI is InChI=1S/C23H24N2O6S/c1-30-20-7-3-18(4-8-20)15-25(16-19-5-9-21(31-2)10-6-19)32(28,29)22-11-12-23(27)24(17-22)13-14-26/h3-12,14,17H,13,15-16H2,1-2H3. The number of rotatable bonds is 10. The largest absolute Gasteiger partial charge is 0.497 e. The Hall–Kier alpha value is -3.43. The summed E-state index contributed by atoms with van der Waals surface area (Å²) in [5, 5.41) is 0. The molecule has 0 atom stereocenters. The van der Waals surface area contributed by atoms with Crippen LogP contribution in [0.5, 0.6) is 11.5 Å². The number of carbonyl (C=O) groups is 1. The first-order chi connectivity index (χ1) is 15.4. The molecule has 1 heterocycles. The molecule has 168 valence electrons. The molecule has 0 fully saturated rings. The zero-order chi connectivity index (χ0) is 23.1. The molecular weight excluding hydrogens is 432 g/mol. The second kappa shape index (κ2) is 10.3. The Labute approximate surface area is 186 Å². The van der Waals surface area contributed by atoms with E-state index in [0.29, 0.717) is 17.8 Å². The van der Waals surface area contributed by atoms with Gasteiger partial charge in [0.15, 0.2) is 0 Å². The third-order valence-corrected chi connectivity index (χ3v) is 6.68. The predicted molar refractivity (Wildman–Crippen MR) is 119 cm³/mol. The van der Waals surface area contributed by atoms with Crippen LogP contribution in [0.25, 0.3) is 0 Å². The van der Waals surface area contributed by atoms with Crippen molar-refractivity contribution in [3.8, 4) is 11.5 Å². The Morgan fingerprint density at radius 3 is 1.78 bits per heavy atom. The Morgan fingerprint density at radius 2 is 1.34 bits per heavy atom. The molecule has 0 saturated heterocycles. The van der Waals surface area contributed by atoms with Crippen LogP contribution < -0.4 is 15.0 Å². The molecule has 8 nitrogen and oxygen atoms in total. The van der Waals surface area contributed by atoms with E-state index in [0.717, 1.165) is 21.8 Å². The third kappa shape index (κ3) is 5.43. The lowest BCUT2D eigenvalue weighted by Gasteiger charge is -2.23. The van der Waals surface area contributed by atoms with E-state index in [1.54, 1.807) is 62.8 Å². The summed E-state index contributed by atoms with van der Waals surface area (Å²) in [4.78, 5) is 22.7. The minimum atomic E-state index is -3.99. The van der Waals surface area contributed by atoms with Gasteiger partial charge < -0.3 is 18.8 Å². The minimum absolute atomic E-state index is 0.0685. The molecule has 0 aliphatic rings. The number of pyridine rings is 1. The van der Waals surface area contributed by atoms with Crippen LogP contribution in [0.3, 0.4) is 0 Å². The highest BCUT2D eigenvalue weighted by Crippen LogP contribution is 2.23. The van der Waals surface area contributed by atoms with Crippen LogP contribution in [0.15, 0.2) is 76.6 Å². The fraction of sp³-hybridized carbons (Fsp3) is 0.217. The van der Waals surface area contributed by atoms with Gasteiger partial charge >= 0.3 is 0 Å². The van der Waals surface area contributed by atoms with Crippen LogP contribution in [-0.4, -0.2) is 37.8 Å². The molecule has 0 amide bonds. The van der Waals surface area contributed by atoms with E-state index in [2.05, 4.69) is 0 Å². The molecule has 32 heavy (non-hydrogen) atoms. The topological polar surface area (TPSA) is 94.9 Å². The van der Waals surface area contributed by atoms with Gasteiger partial charge in [0.05, 0.1) is 25.7 Å². The van der Waals surface area contributed by atoms with Gasteiger partial charge in [-0.25, -0.2) is 8.42 Å². The molecule has 3 aromatic rings. The molecule has 0 aliphatic heterocycles. The van der Waals surface area contributed by atoms with Crippen LogP contribution in [0.4, 0.5) is 0 Å². The van der Waals surface area contributed by atoms with Gasteiger partial charge in [-0.1, -0.05) is 24.3 Å². The van der Waals surface area contributed by atoms with Crippen molar-refractivity contribution in [3.05, 3.63) is 88.3 Å². The fourth-order valence-electron chi connectivity index (χ4n) is 3.13. The second-order valence-electron chi connectivity index (χ2n) is 6.99. The molecule has 0 N–H and O–H groups in total. The summed E-state index contributed by atoms with van der Waals surface area (Å²) in [6.45, 7) is -0.0184. The van der Waals surface area contributed by atoms with Crippen molar-refractivity contribution >= 4 is 16.3 Å².